The van der Waals surface area contributed by atoms with E-state index in [-0.39, 0.29) is 18.7 Å². The maximum Gasteiger partial charge on any atom is 0.332 e. The molecule has 0 saturated heterocycles. The molecule has 0 unspecified atom stereocenters. The van der Waals surface area contributed by atoms with E-state index >= 15 is 0 Å². The Kier molecular flexibility index (Phi) is 5.65. The normalized spacial score (nSPS) is 24.9. The van der Waals surface area contributed by atoms with E-state index in [1.165, 1.54) is 12.7 Å². The Morgan fingerprint density at radius 2 is 2.24 bits per heavy atom. The molecular weight excluding hydrogens is 220 g/mol. The highest BCUT2D eigenvalue weighted by molar-refractivity contribution is 5.70. The lowest BCUT2D eigenvalue weighted by atomic mass is 9.95. The van der Waals surface area contributed by atoms with Gasteiger partial charge in [-0.05, 0) is 32.3 Å². The van der Waals surface area contributed by atoms with E-state index in [1.54, 1.807) is 0 Å². The number of esters is 1. The van der Waals surface area contributed by atoms with Crippen LogP contribution in [-0.4, -0.2) is 38.5 Å². The molecule has 17 heavy (non-hydrogen) atoms. The molecule has 0 N–H and O–H groups in total. The van der Waals surface area contributed by atoms with Crippen molar-refractivity contribution < 1.29 is 19.0 Å². The summed E-state index contributed by atoms with van der Waals surface area (Å²) in [5.41, 5.74) is 2.36. The van der Waals surface area contributed by atoms with E-state index in [1.807, 2.05) is 6.92 Å². The van der Waals surface area contributed by atoms with E-state index in [2.05, 4.69) is 13.8 Å². The fourth-order valence-corrected chi connectivity index (χ4v) is 2.04. The lowest BCUT2D eigenvalue weighted by molar-refractivity contribution is -0.147. The zero-order valence-corrected chi connectivity index (χ0v) is 11.1. The lowest BCUT2D eigenvalue weighted by Gasteiger charge is -2.31. The number of methoxy groups -OCH3 is 1. The van der Waals surface area contributed by atoms with Gasteiger partial charge in [-0.15, -0.1) is 0 Å². The molecule has 0 amide bonds. The van der Waals surface area contributed by atoms with Crippen LogP contribution in [0.15, 0.2) is 11.1 Å². The Morgan fingerprint density at radius 3 is 2.76 bits per heavy atom. The summed E-state index contributed by atoms with van der Waals surface area (Å²) >= 11 is 0. The molecular formula is C13H22O4. The summed E-state index contributed by atoms with van der Waals surface area (Å²) in [5.74, 6) is -0.336. The van der Waals surface area contributed by atoms with E-state index < -0.39 is 0 Å². The zero-order valence-electron chi connectivity index (χ0n) is 11.1. The molecule has 1 aliphatic rings. The third kappa shape index (κ3) is 4.13. The minimum Gasteiger partial charge on any atom is -0.459 e. The van der Waals surface area contributed by atoms with Crippen LogP contribution in [0.4, 0.5) is 0 Å². The van der Waals surface area contributed by atoms with Crippen LogP contribution in [0, 0.1) is 0 Å². The zero-order chi connectivity index (χ0) is 12.8. The summed E-state index contributed by atoms with van der Waals surface area (Å²) in [6.07, 6.45) is 2.27. The van der Waals surface area contributed by atoms with Crippen molar-refractivity contribution in [3.8, 4) is 0 Å². The SMILES string of the molecule is CC[C@H]1CC(C)=C(COC(=O)COC)[C@@H](C)O1. The average molecular weight is 242 g/mol. The van der Waals surface area contributed by atoms with Crippen molar-refractivity contribution >= 4 is 5.97 Å². The molecule has 1 aliphatic heterocycles. The molecule has 0 aromatic heterocycles. The van der Waals surface area contributed by atoms with Crippen LogP contribution in [0.5, 0.6) is 0 Å². The third-order valence-electron chi connectivity index (χ3n) is 3.08. The van der Waals surface area contributed by atoms with E-state index in [0.29, 0.717) is 12.7 Å². The number of rotatable bonds is 5. The second kappa shape index (κ2) is 6.77. The summed E-state index contributed by atoms with van der Waals surface area (Å²) in [4.78, 5) is 11.2. The number of hydrogen-bond donors (Lipinski definition) is 0. The first-order chi connectivity index (χ1) is 8.08. The quantitative estimate of drug-likeness (QED) is 0.547. The highest BCUT2D eigenvalue weighted by Crippen LogP contribution is 2.27. The first-order valence-electron chi connectivity index (χ1n) is 6.07. The minimum absolute atomic E-state index is 0.000843. The number of ether oxygens (including phenoxy) is 3. The van der Waals surface area contributed by atoms with Crippen LogP contribution in [-0.2, 0) is 19.0 Å². The standard InChI is InChI=1S/C13H22O4/c1-5-11-6-9(2)12(10(3)17-11)7-16-13(14)8-15-4/h10-11H,5-8H2,1-4H3/t10-,11+/m1/s1. The molecule has 0 spiro atoms. The Balaban J connectivity index is 2.54. The van der Waals surface area contributed by atoms with Gasteiger partial charge in [0.25, 0.3) is 0 Å². The highest BCUT2D eigenvalue weighted by Gasteiger charge is 2.24. The Morgan fingerprint density at radius 1 is 1.53 bits per heavy atom. The van der Waals surface area contributed by atoms with Gasteiger partial charge in [0.1, 0.15) is 13.2 Å². The molecule has 0 bridgehead atoms. The number of hydrogen-bond acceptors (Lipinski definition) is 4. The Labute approximate surface area is 103 Å². The summed E-state index contributed by atoms with van der Waals surface area (Å²) in [5, 5.41) is 0. The molecule has 1 rings (SSSR count). The van der Waals surface area contributed by atoms with Gasteiger partial charge in [0.2, 0.25) is 0 Å². The summed E-state index contributed by atoms with van der Waals surface area (Å²) in [6.45, 7) is 6.52. The van der Waals surface area contributed by atoms with Gasteiger partial charge >= 0.3 is 5.97 Å². The van der Waals surface area contributed by atoms with Crippen LogP contribution in [0.1, 0.15) is 33.6 Å². The van der Waals surface area contributed by atoms with Crippen molar-refractivity contribution in [2.75, 3.05) is 20.3 Å². The number of carbonyl (C=O) groups is 1. The highest BCUT2D eigenvalue weighted by atomic mass is 16.6. The lowest BCUT2D eigenvalue weighted by Crippen LogP contribution is -2.30. The first-order valence-corrected chi connectivity index (χ1v) is 6.07. The van der Waals surface area contributed by atoms with Gasteiger partial charge in [-0.1, -0.05) is 12.5 Å². The predicted octanol–water partition coefficient (Wildman–Crippen LogP) is 2.08. The fourth-order valence-electron chi connectivity index (χ4n) is 2.04. The average Bonchev–Trinajstić information content (AvgIpc) is 2.28. The molecule has 0 fully saturated rings. The second-order valence-corrected chi connectivity index (χ2v) is 4.41. The third-order valence-corrected chi connectivity index (χ3v) is 3.08. The monoisotopic (exact) mass is 242 g/mol. The van der Waals surface area contributed by atoms with E-state index in [4.69, 9.17) is 14.2 Å². The fraction of sp³-hybridized carbons (Fsp3) is 0.769. The molecule has 0 aliphatic carbocycles. The van der Waals surface area contributed by atoms with Crippen molar-refractivity contribution in [1.82, 2.24) is 0 Å². The van der Waals surface area contributed by atoms with Gasteiger partial charge in [-0.25, -0.2) is 4.79 Å². The van der Waals surface area contributed by atoms with Gasteiger partial charge < -0.3 is 14.2 Å². The van der Waals surface area contributed by atoms with E-state index in [9.17, 15) is 4.79 Å². The molecule has 0 aromatic rings. The van der Waals surface area contributed by atoms with Gasteiger partial charge in [-0.2, -0.15) is 0 Å². The molecule has 1 heterocycles. The van der Waals surface area contributed by atoms with Crippen LogP contribution < -0.4 is 0 Å². The minimum atomic E-state index is -0.336. The van der Waals surface area contributed by atoms with Crippen molar-refractivity contribution in [2.24, 2.45) is 0 Å². The topological polar surface area (TPSA) is 44.8 Å². The van der Waals surface area contributed by atoms with Gasteiger partial charge in [0.05, 0.1) is 12.2 Å². The molecule has 4 heteroatoms. The maximum atomic E-state index is 11.2. The molecule has 0 radical (unpaired) electrons. The largest absolute Gasteiger partial charge is 0.459 e. The summed E-state index contributed by atoms with van der Waals surface area (Å²) < 4.78 is 15.7. The van der Waals surface area contributed by atoms with Gasteiger partial charge in [0, 0.05) is 7.11 Å². The van der Waals surface area contributed by atoms with Crippen LogP contribution in [0.3, 0.4) is 0 Å². The summed E-state index contributed by atoms with van der Waals surface area (Å²) in [7, 11) is 1.48. The van der Waals surface area contributed by atoms with Gasteiger partial charge in [-0.3, -0.25) is 0 Å². The van der Waals surface area contributed by atoms with Gasteiger partial charge in [0.15, 0.2) is 0 Å². The Hall–Kier alpha value is -0.870. The van der Waals surface area contributed by atoms with E-state index in [0.717, 1.165) is 18.4 Å². The molecule has 4 nitrogen and oxygen atoms in total. The first kappa shape index (κ1) is 14.2. The molecule has 0 saturated carbocycles. The van der Waals surface area contributed by atoms with Crippen LogP contribution in [0.2, 0.25) is 0 Å². The van der Waals surface area contributed by atoms with Crippen LogP contribution in [0.25, 0.3) is 0 Å². The smallest absolute Gasteiger partial charge is 0.332 e. The molecule has 2 atom stereocenters. The number of carbonyl (C=O) groups excluding carboxylic acids is 1. The summed E-state index contributed by atoms with van der Waals surface area (Å²) in [6, 6.07) is 0. The van der Waals surface area contributed by atoms with Crippen LogP contribution >= 0.6 is 0 Å². The Bertz CT molecular complexity index is 296. The second-order valence-electron chi connectivity index (χ2n) is 4.41. The molecule has 98 valence electrons. The van der Waals surface area contributed by atoms with Crippen molar-refractivity contribution in [2.45, 2.75) is 45.8 Å². The van der Waals surface area contributed by atoms with Crippen molar-refractivity contribution in [3.05, 3.63) is 11.1 Å². The predicted molar refractivity (Wildman–Crippen MR) is 64.8 cm³/mol. The van der Waals surface area contributed by atoms with Crippen molar-refractivity contribution in [1.29, 1.82) is 0 Å². The maximum absolute atomic E-state index is 11.2. The molecule has 0 aromatic carbocycles. The van der Waals surface area contributed by atoms with Crippen molar-refractivity contribution in [3.63, 3.8) is 0 Å².